The number of fused-ring (bicyclic) bond motifs is 1. The normalized spacial score (nSPS) is 10.6. The van der Waals surface area contributed by atoms with Crippen LogP contribution in [0.2, 0.25) is 0 Å². The minimum Gasteiger partial charge on any atom is -0.477 e. The number of anilines is 1. The van der Waals surface area contributed by atoms with Gasteiger partial charge in [-0.1, -0.05) is 18.2 Å². The Morgan fingerprint density at radius 1 is 1.00 bits per heavy atom. The van der Waals surface area contributed by atoms with E-state index in [0.717, 1.165) is 18.2 Å². The highest BCUT2D eigenvalue weighted by atomic mass is 16.6. The molecule has 0 unspecified atom stereocenters. The molecule has 0 saturated carbocycles. The van der Waals surface area contributed by atoms with Gasteiger partial charge in [0.05, 0.1) is 15.9 Å². The first kappa shape index (κ1) is 20.5. The van der Waals surface area contributed by atoms with Crippen molar-refractivity contribution in [2.24, 2.45) is 0 Å². The van der Waals surface area contributed by atoms with Gasteiger partial charge in [-0.15, -0.1) is 0 Å². The number of nitrogens with zero attached hydrogens (tertiary/aromatic N) is 3. The molecule has 0 spiro atoms. The molecule has 0 aliphatic rings. The third-order valence-corrected chi connectivity index (χ3v) is 4.40. The Hall–Kier alpha value is -4.80. The number of oxazole rings is 1. The maximum Gasteiger partial charge on any atom is 0.317 e. The van der Waals surface area contributed by atoms with Crippen LogP contribution in [-0.4, -0.2) is 27.3 Å². The minimum atomic E-state index is -0.815. The lowest BCUT2D eigenvalue weighted by atomic mass is 10.2. The highest BCUT2D eigenvalue weighted by Crippen LogP contribution is 2.31. The largest absolute Gasteiger partial charge is 0.477 e. The molecule has 3 aromatic carbocycles. The molecular weight excluding hydrogens is 420 g/mol. The van der Waals surface area contributed by atoms with E-state index < -0.39 is 33.7 Å². The molecule has 0 saturated heterocycles. The van der Waals surface area contributed by atoms with E-state index >= 15 is 0 Å². The van der Waals surface area contributed by atoms with Crippen LogP contribution in [0.25, 0.3) is 22.6 Å². The Bertz CT molecular complexity index is 1320. The fraction of sp³-hybridized carbons (Fsp3) is 0.0476. The Morgan fingerprint density at radius 3 is 2.56 bits per heavy atom. The molecule has 160 valence electrons. The molecule has 4 rings (SSSR count). The van der Waals surface area contributed by atoms with Crippen molar-refractivity contribution in [3.8, 4) is 17.2 Å². The number of ether oxygens (including phenoxy) is 1. The van der Waals surface area contributed by atoms with Crippen molar-refractivity contribution < 1.29 is 23.8 Å². The number of nitro benzene ring substituents is 2. The van der Waals surface area contributed by atoms with Gasteiger partial charge in [0, 0.05) is 17.3 Å². The average molecular weight is 434 g/mol. The van der Waals surface area contributed by atoms with Gasteiger partial charge in [0.15, 0.2) is 17.9 Å². The van der Waals surface area contributed by atoms with Crippen LogP contribution in [0.5, 0.6) is 5.75 Å². The predicted molar refractivity (Wildman–Crippen MR) is 113 cm³/mol. The second-order valence-corrected chi connectivity index (χ2v) is 6.57. The van der Waals surface area contributed by atoms with E-state index in [2.05, 4.69) is 10.3 Å². The highest BCUT2D eigenvalue weighted by Gasteiger charge is 2.21. The van der Waals surface area contributed by atoms with Crippen LogP contribution in [0, 0.1) is 20.2 Å². The zero-order valence-corrected chi connectivity index (χ0v) is 16.3. The molecule has 1 amide bonds. The van der Waals surface area contributed by atoms with Gasteiger partial charge in [-0.25, -0.2) is 4.98 Å². The minimum absolute atomic E-state index is 0.254. The van der Waals surface area contributed by atoms with Crippen LogP contribution in [0.4, 0.5) is 17.1 Å². The summed E-state index contributed by atoms with van der Waals surface area (Å²) in [6, 6.07) is 17.0. The van der Waals surface area contributed by atoms with Crippen LogP contribution in [0.3, 0.4) is 0 Å². The van der Waals surface area contributed by atoms with Gasteiger partial charge in [-0.3, -0.25) is 25.0 Å². The molecule has 0 bridgehead atoms. The standard InChI is InChI=1S/C21H14N4O7/c26-20(12-31-19-9-8-15(24(27)28)11-17(19)25(29)30)22-14-5-3-4-13(10-14)21-23-16-6-1-2-7-18(16)32-21/h1-11H,12H2,(H,22,26). The van der Waals surface area contributed by atoms with Crippen molar-refractivity contribution >= 4 is 34.1 Å². The van der Waals surface area contributed by atoms with Gasteiger partial charge in [0.1, 0.15) is 5.52 Å². The summed E-state index contributed by atoms with van der Waals surface area (Å²) >= 11 is 0. The zero-order chi connectivity index (χ0) is 22.7. The molecule has 32 heavy (non-hydrogen) atoms. The van der Waals surface area contributed by atoms with Crippen LogP contribution in [-0.2, 0) is 4.79 Å². The molecular formula is C21H14N4O7. The molecule has 1 N–H and O–H groups in total. The Kier molecular flexibility index (Phi) is 5.45. The number of benzene rings is 3. The van der Waals surface area contributed by atoms with Crippen molar-refractivity contribution in [1.82, 2.24) is 4.98 Å². The Labute approximate surface area is 179 Å². The maximum atomic E-state index is 12.3. The molecule has 1 heterocycles. The summed E-state index contributed by atoms with van der Waals surface area (Å²) in [5.74, 6) is -0.441. The number of non-ortho nitro benzene ring substituents is 1. The molecule has 11 nitrogen and oxygen atoms in total. The molecule has 11 heteroatoms. The summed E-state index contributed by atoms with van der Waals surface area (Å²) in [4.78, 5) is 37.1. The number of aromatic nitrogens is 1. The first-order valence-corrected chi connectivity index (χ1v) is 9.22. The van der Waals surface area contributed by atoms with Gasteiger partial charge in [-0.2, -0.15) is 0 Å². The lowest BCUT2D eigenvalue weighted by molar-refractivity contribution is -0.394. The monoisotopic (exact) mass is 434 g/mol. The fourth-order valence-electron chi connectivity index (χ4n) is 2.95. The molecule has 1 aromatic heterocycles. The number of hydrogen-bond donors (Lipinski definition) is 1. The van der Waals surface area contributed by atoms with Crippen molar-refractivity contribution in [3.05, 3.63) is 87.0 Å². The molecule has 0 radical (unpaired) electrons. The van der Waals surface area contributed by atoms with E-state index in [-0.39, 0.29) is 5.75 Å². The number of carbonyl (C=O) groups is 1. The van der Waals surface area contributed by atoms with Crippen LogP contribution >= 0.6 is 0 Å². The van der Waals surface area contributed by atoms with Crippen molar-refractivity contribution in [1.29, 1.82) is 0 Å². The van der Waals surface area contributed by atoms with Gasteiger partial charge in [0.2, 0.25) is 5.89 Å². The summed E-state index contributed by atoms with van der Waals surface area (Å²) in [6.07, 6.45) is 0. The third-order valence-electron chi connectivity index (χ3n) is 4.40. The summed E-state index contributed by atoms with van der Waals surface area (Å²) < 4.78 is 10.9. The number of rotatable bonds is 7. The zero-order valence-electron chi connectivity index (χ0n) is 16.3. The quantitative estimate of drug-likeness (QED) is 0.333. The van der Waals surface area contributed by atoms with Crippen molar-refractivity contribution in [2.75, 3.05) is 11.9 Å². The molecule has 0 atom stereocenters. The molecule has 0 aliphatic heterocycles. The number of hydrogen-bond acceptors (Lipinski definition) is 8. The maximum absolute atomic E-state index is 12.3. The van der Waals surface area contributed by atoms with Crippen molar-refractivity contribution in [3.63, 3.8) is 0 Å². The Morgan fingerprint density at radius 2 is 1.81 bits per heavy atom. The summed E-state index contributed by atoms with van der Waals surface area (Å²) in [5, 5.41) is 24.6. The van der Waals surface area contributed by atoms with E-state index in [1.165, 1.54) is 0 Å². The summed E-state index contributed by atoms with van der Waals surface area (Å²) in [6.45, 7) is -0.536. The first-order valence-electron chi connectivity index (χ1n) is 9.22. The lowest BCUT2D eigenvalue weighted by Gasteiger charge is -2.08. The Balaban J connectivity index is 1.45. The highest BCUT2D eigenvalue weighted by molar-refractivity contribution is 5.92. The topological polar surface area (TPSA) is 151 Å². The third kappa shape index (κ3) is 4.36. The van der Waals surface area contributed by atoms with E-state index in [1.54, 1.807) is 30.3 Å². The van der Waals surface area contributed by atoms with E-state index in [0.29, 0.717) is 28.2 Å². The summed E-state index contributed by atoms with van der Waals surface area (Å²) in [5.41, 5.74) is 1.36. The second kappa shape index (κ2) is 8.52. The van der Waals surface area contributed by atoms with Gasteiger partial charge >= 0.3 is 5.69 Å². The van der Waals surface area contributed by atoms with Crippen LogP contribution < -0.4 is 10.1 Å². The van der Waals surface area contributed by atoms with E-state index in [9.17, 15) is 25.0 Å². The number of para-hydroxylation sites is 2. The lowest BCUT2D eigenvalue weighted by Crippen LogP contribution is -2.20. The summed E-state index contributed by atoms with van der Waals surface area (Å²) in [7, 11) is 0. The van der Waals surface area contributed by atoms with Crippen LogP contribution in [0.1, 0.15) is 0 Å². The predicted octanol–water partition coefficient (Wildman–Crippen LogP) is 4.33. The van der Waals surface area contributed by atoms with E-state index in [4.69, 9.17) is 9.15 Å². The van der Waals surface area contributed by atoms with Crippen LogP contribution in [0.15, 0.2) is 71.1 Å². The first-order chi connectivity index (χ1) is 15.4. The number of amides is 1. The number of carbonyl (C=O) groups excluding carboxylic acids is 1. The SMILES string of the molecule is O=C(COc1ccc([N+](=O)[O-])cc1[N+](=O)[O-])Nc1cccc(-c2nc3ccccc3o2)c1. The molecule has 4 aromatic rings. The van der Waals surface area contributed by atoms with Gasteiger partial charge in [0.25, 0.3) is 11.6 Å². The molecule has 0 fully saturated rings. The van der Waals surface area contributed by atoms with Crippen molar-refractivity contribution in [2.45, 2.75) is 0 Å². The smallest absolute Gasteiger partial charge is 0.317 e. The number of nitrogens with one attached hydrogen (secondary N) is 1. The van der Waals surface area contributed by atoms with Gasteiger partial charge in [-0.05, 0) is 36.4 Å². The van der Waals surface area contributed by atoms with Gasteiger partial charge < -0.3 is 14.5 Å². The number of nitro groups is 2. The second-order valence-electron chi connectivity index (χ2n) is 6.57. The van der Waals surface area contributed by atoms with E-state index in [1.807, 2.05) is 18.2 Å². The average Bonchev–Trinajstić information content (AvgIpc) is 3.22. The fourth-order valence-corrected chi connectivity index (χ4v) is 2.95. The molecule has 0 aliphatic carbocycles.